The summed E-state index contributed by atoms with van der Waals surface area (Å²) in [6.45, 7) is 2.69. The molecule has 0 spiro atoms. The van der Waals surface area contributed by atoms with Crippen LogP contribution in [0.3, 0.4) is 0 Å². The Bertz CT molecular complexity index is 391. The van der Waals surface area contributed by atoms with E-state index in [-0.39, 0.29) is 18.4 Å². The van der Waals surface area contributed by atoms with Crippen molar-refractivity contribution in [3.63, 3.8) is 0 Å². The Labute approximate surface area is 117 Å². The Morgan fingerprint density at radius 2 is 2.47 bits per heavy atom. The van der Waals surface area contributed by atoms with Crippen LogP contribution in [0.4, 0.5) is 4.79 Å². The van der Waals surface area contributed by atoms with Crippen molar-refractivity contribution in [1.82, 2.24) is 10.4 Å². The number of hydrogen-bond donors (Lipinski definition) is 1. The van der Waals surface area contributed by atoms with Gasteiger partial charge in [-0.3, -0.25) is 0 Å². The molecule has 6 heteroatoms. The zero-order valence-electron chi connectivity index (χ0n) is 11.3. The molecular formula is C13H20N2O3S. The van der Waals surface area contributed by atoms with E-state index in [2.05, 4.69) is 5.48 Å². The quantitative estimate of drug-likeness (QED) is 0.865. The Morgan fingerprint density at radius 1 is 1.63 bits per heavy atom. The molecule has 1 fully saturated rings. The van der Waals surface area contributed by atoms with Crippen molar-refractivity contribution in [3.05, 3.63) is 22.4 Å². The first-order valence-electron chi connectivity index (χ1n) is 6.52. The van der Waals surface area contributed by atoms with Gasteiger partial charge in [0, 0.05) is 25.0 Å². The molecule has 19 heavy (non-hydrogen) atoms. The van der Waals surface area contributed by atoms with Crippen LogP contribution >= 0.6 is 11.3 Å². The number of thiophene rings is 1. The van der Waals surface area contributed by atoms with E-state index >= 15 is 0 Å². The van der Waals surface area contributed by atoms with Gasteiger partial charge in [-0.05, 0) is 31.2 Å². The third-order valence-corrected chi connectivity index (χ3v) is 4.31. The highest BCUT2D eigenvalue weighted by Gasteiger charge is 2.20. The Morgan fingerprint density at radius 3 is 3.11 bits per heavy atom. The summed E-state index contributed by atoms with van der Waals surface area (Å²) < 4.78 is 5.39. The van der Waals surface area contributed by atoms with Gasteiger partial charge in [0.2, 0.25) is 0 Å². The van der Waals surface area contributed by atoms with E-state index in [1.807, 2.05) is 24.4 Å². The van der Waals surface area contributed by atoms with E-state index in [1.165, 1.54) is 0 Å². The smallest absolute Gasteiger partial charge is 0.341 e. The van der Waals surface area contributed by atoms with E-state index in [0.29, 0.717) is 6.61 Å². The maximum absolute atomic E-state index is 12.0. The van der Waals surface area contributed by atoms with Gasteiger partial charge < -0.3 is 9.64 Å². The summed E-state index contributed by atoms with van der Waals surface area (Å²) in [6.07, 6.45) is 2.64. The number of urea groups is 1. The molecule has 1 aromatic rings. The number of hydrogen-bond acceptors (Lipinski definition) is 4. The molecule has 106 valence electrons. The number of ether oxygens (including phenoxy) is 1. The predicted molar refractivity (Wildman–Crippen MR) is 73.7 cm³/mol. The minimum absolute atomic E-state index is 0.0240. The van der Waals surface area contributed by atoms with Crippen molar-refractivity contribution in [2.75, 3.05) is 13.7 Å². The summed E-state index contributed by atoms with van der Waals surface area (Å²) in [6, 6.07) is 3.77. The molecular weight excluding hydrogens is 264 g/mol. The van der Waals surface area contributed by atoms with Crippen LogP contribution in [-0.4, -0.2) is 30.9 Å². The molecule has 1 saturated heterocycles. The second-order valence-electron chi connectivity index (χ2n) is 4.62. The van der Waals surface area contributed by atoms with Crippen LogP contribution in [0.1, 0.15) is 37.1 Å². The van der Waals surface area contributed by atoms with E-state index in [9.17, 15) is 4.79 Å². The second kappa shape index (κ2) is 6.88. The highest BCUT2D eigenvalue weighted by atomic mass is 32.1. The van der Waals surface area contributed by atoms with Gasteiger partial charge in [0.05, 0.1) is 6.04 Å². The zero-order valence-corrected chi connectivity index (χ0v) is 12.1. The molecule has 0 radical (unpaired) electrons. The van der Waals surface area contributed by atoms with Gasteiger partial charge in [0.25, 0.3) is 0 Å². The fourth-order valence-electron chi connectivity index (χ4n) is 1.89. The van der Waals surface area contributed by atoms with Crippen molar-refractivity contribution in [2.24, 2.45) is 0 Å². The summed E-state index contributed by atoms with van der Waals surface area (Å²) >= 11 is 1.64. The average Bonchev–Trinajstić information content (AvgIpc) is 2.98. The predicted octanol–water partition coefficient (Wildman–Crippen LogP) is 2.91. The molecule has 5 nitrogen and oxygen atoms in total. The fourth-order valence-corrected chi connectivity index (χ4v) is 2.71. The van der Waals surface area contributed by atoms with Crippen LogP contribution < -0.4 is 5.48 Å². The number of hydroxylamine groups is 1. The van der Waals surface area contributed by atoms with E-state index in [0.717, 1.165) is 24.1 Å². The molecule has 2 atom stereocenters. The lowest BCUT2D eigenvalue weighted by molar-refractivity contribution is -0.187. The number of nitrogens with one attached hydrogen (secondary N) is 1. The Kier molecular flexibility index (Phi) is 5.18. The third kappa shape index (κ3) is 3.92. The molecule has 0 saturated carbocycles. The van der Waals surface area contributed by atoms with Gasteiger partial charge in [0.15, 0.2) is 6.29 Å². The highest BCUT2D eigenvalue weighted by Crippen LogP contribution is 2.23. The topological polar surface area (TPSA) is 50.8 Å². The first-order valence-corrected chi connectivity index (χ1v) is 7.40. The molecule has 2 heterocycles. The summed E-state index contributed by atoms with van der Waals surface area (Å²) in [5.41, 5.74) is 2.46. The minimum atomic E-state index is -0.317. The van der Waals surface area contributed by atoms with E-state index in [1.54, 1.807) is 23.3 Å². The molecule has 0 unspecified atom stereocenters. The molecule has 0 bridgehead atoms. The molecule has 0 aliphatic carbocycles. The number of carbonyl (C=O) groups is 1. The van der Waals surface area contributed by atoms with Gasteiger partial charge in [-0.1, -0.05) is 6.07 Å². The van der Waals surface area contributed by atoms with Crippen LogP contribution in [-0.2, 0) is 9.57 Å². The van der Waals surface area contributed by atoms with Crippen molar-refractivity contribution >= 4 is 17.4 Å². The summed E-state index contributed by atoms with van der Waals surface area (Å²) in [5, 5.41) is 2.00. The molecule has 1 N–H and O–H groups in total. The molecule has 1 aromatic heterocycles. The van der Waals surface area contributed by atoms with Crippen molar-refractivity contribution in [3.8, 4) is 0 Å². The number of carbonyl (C=O) groups excluding carboxylic acids is 1. The van der Waals surface area contributed by atoms with Crippen LogP contribution in [0, 0.1) is 0 Å². The Hall–Kier alpha value is -1.11. The van der Waals surface area contributed by atoms with E-state index < -0.39 is 0 Å². The number of amides is 2. The zero-order chi connectivity index (χ0) is 13.7. The first-order chi connectivity index (χ1) is 9.18. The van der Waals surface area contributed by atoms with Crippen molar-refractivity contribution < 1.29 is 14.4 Å². The summed E-state index contributed by atoms with van der Waals surface area (Å²) in [4.78, 5) is 20.0. The standard InChI is InChI=1S/C13H20N2O3S/c1-10(11-6-5-9-19-11)15(2)13(16)14-18-12-7-3-4-8-17-12/h5-6,9-10,12H,3-4,7-8H2,1-2H3,(H,14,16)/t10-,12-/m0/s1. The normalized spacial score (nSPS) is 20.8. The van der Waals surface area contributed by atoms with Crippen LogP contribution in [0.5, 0.6) is 0 Å². The number of nitrogens with zero attached hydrogens (tertiary/aromatic N) is 1. The molecule has 2 rings (SSSR count). The number of rotatable bonds is 4. The van der Waals surface area contributed by atoms with E-state index in [4.69, 9.17) is 9.57 Å². The van der Waals surface area contributed by atoms with Crippen LogP contribution in [0.15, 0.2) is 17.5 Å². The van der Waals surface area contributed by atoms with Gasteiger partial charge >= 0.3 is 6.03 Å². The maximum atomic E-state index is 12.0. The lowest BCUT2D eigenvalue weighted by atomic mass is 10.2. The Balaban J connectivity index is 1.78. The third-order valence-electron chi connectivity index (χ3n) is 3.27. The minimum Gasteiger partial charge on any atom is -0.350 e. The van der Waals surface area contributed by atoms with Crippen LogP contribution in [0.2, 0.25) is 0 Å². The second-order valence-corrected chi connectivity index (χ2v) is 5.60. The summed E-state index contributed by atoms with van der Waals surface area (Å²) in [7, 11) is 1.75. The van der Waals surface area contributed by atoms with Crippen molar-refractivity contribution in [1.29, 1.82) is 0 Å². The van der Waals surface area contributed by atoms with Gasteiger partial charge in [-0.15, -0.1) is 11.3 Å². The van der Waals surface area contributed by atoms with Crippen LogP contribution in [0.25, 0.3) is 0 Å². The monoisotopic (exact) mass is 284 g/mol. The highest BCUT2D eigenvalue weighted by molar-refractivity contribution is 7.10. The van der Waals surface area contributed by atoms with Gasteiger partial charge in [-0.2, -0.15) is 0 Å². The maximum Gasteiger partial charge on any atom is 0.341 e. The molecule has 1 aliphatic rings. The van der Waals surface area contributed by atoms with Crippen molar-refractivity contribution in [2.45, 2.75) is 38.5 Å². The largest absolute Gasteiger partial charge is 0.350 e. The first kappa shape index (κ1) is 14.3. The summed E-state index contributed by atoms with van der Waals surface area (Å²) in [5.74, 6) is 0. The average molecular weight is 284 g/mol. The fraction of sp³-hybridized carbons (Fsp3) is 0.615. The molecule has 0 aromatic carbocycles. The van der Waals surface area contributed by atoms with Gasteiger partial charge in [-0.25, -0.2) is 15.1 Å². The lowest BCUT2D eigenvalue weighted by Crippen LogP contribution is -2.41. The van der Waals surface area contributed by atoms with Gasteiger partial charge in [0.1, 0.15) is 0 Å². The SMILES string of the molecule is C[C@@H](c1cccs1)N(C)C(=O)NO[C@H]1CCCCO1. The molecule has 1 aliphatic heterocycles. The lowest BCUT2D eigenvalue weighted by Gasteiger charge is -2.26. The molecule has 2 amide bonds.